The van der Waals surface area contributed by atoms with Crippen molar-refractivity contribution in [2.75, 3.05) is 32.1 Å². The Labute approximate surface area is 182 Å². The van der Waals surface area contributed by atoms with E-state index >= 15 is 0 Å². The smallest absolute Gasteiger partial charge is 0.338 e. The van der Waals surface area contributed by atoms with Crippen LogP contribution in [0.1, 0.15) is 35.2 Å². The van der Waals surface area contributed by atoms with Gasteiger partial charge in [-0.05, 0) is 55.7 Å². The number of hydrogen-bond acceptors (Lipinski definition) is 6. The van der Waals surface area contributed by atoms with Gasteiger partial charge in [-0.1, -0.05) is 18.6 Å². The molecule has 0 aliphatic carbocycles. The molecule has 9 heteroatoms. The largest absolute Gasteiger partial charge is 0.497 e. The molecule has 8 nitrogen and oxygen atoms in total. The van der Waals surface area contributed by atoms with Gasteiger partial charge in [0.1, 0.15) is 5.75 Å². The lowest BCUT2D eigenvalue weighted by Crippen LogP contribution is -2.36. The van der Waals surface area contributed by atoms with Crippen LogP contribution in [-0.4, -0.2) is 51.4 Å². The summed E-state index contributed by atoms with van der Waals surface area (Å²) < 4.78 is 37.6. The number of sulfonamides is 1. The lowest BCUT2D eigenvalue weighted by atomic mass is 10.2. The first-order valence-corrected chi connectivity index (χ1v) is 11.5. The number of anilines is 1. The van der Waals surface area contributed by atoms with Gasteiger partial charge in [-0.15, -0.1) is 0 Å². The Kier molecular flexibility index (Phi) is 7.29. The number of nitrogens with one attached hydrogen (secondary N) is 1. The summed E-state index contributed by atoms with van der Waals surface area (Å²) in [5.41, 5.74) is 1.19. The van der Waals surface area contributed by atoms with E-state index < -0.39 is 28.5 Å². The molecule has 1 fully saturated rings. The summed E-state index contributed by atoms with van der Waals surface area (Å²) in [5.74, 6) is -0.728. The van der Waals surface area contributed by atoms with Crippen molar-refractivity contribution in [2.24, 2.45) is 0 Å². The quantitative estimate of drug-likeness (QED) is 0.656. The van der Waals surface area contributed by atoms with Gasteiger partial charge in [0.15, 0.2) is 6.61 Å². The predicted molar refractivity (Wildman–Crippen MR) is 116 cm³/mol. The summed E-state index contributed by atoms with van der Waals surface area (Å²) in [7, 11) is -2.15. The van der Waals surface area contributed by atoms with Gasteiger partial charge < -0.3 is 14.8 Å². The predicted octanol–water partition coefficient (Wildman–Crippen LogP) is 2.97. The van der Waals surface area contributed by atoms with E-state index in [2.05, 4.69) is 5.32 Å². The topological polar surface area (TPSA) is 102 Å². The molecule has 1 amide bonds. The van der Waals surface area contributed by atoms with E-state index in [0.717, 1.165) is 19.3 Å². The van der Waals surface area contributed by atoms with Gasteiger partial charge >= 0.3 is 5.97 Å². The monoisotopic (exact) mass is 446 g/mol. The van der Waals surface area contributed by atoms with Crippen LogP contribution < -0.4 is 10.1 Å². The molecule has 1 saturated heterocycles. The molecular formula is C22H26N2O6S. The van der Waals surface area contributed by atoms with E-state index in [1.807, 2.05) is 0 Å². The molecule has 1 aliphatic rings. The third-order valence-electron chi connectivity index (χ3n) is 5.04. The molecule has 0 bridgehead atoms. The number of rotatable bonds is 7. The second-order valence-electron chi connectivity index (χ2n) is 7.30. The number of piperidine rings is 1. The maximum absolute atomic E-state index is 13.0. The van der Waals surface area contributed by atoms with Gasteiger partial charge in [-0.2, -0.15) is 4.31 Å². The molecule has 0 unspecified atom stereocenters. The average Bonchev–Trinajstić information content (AvgIpc) is 2.79. The van der Waals surface area contributed by atoms with E-state index in [0.29, 0.717) is 30.1 Å². The fraction of sp³-hybridized carbons (Fsp3) is 0.364. The van der Waals surface area contributed by atoms with Crippen molar-refractivity contribution in [3.63, 3.8) is 0 Å². The summed E-state index contributed by atoms with van der Waals surface area (Å²) in [6, 6.07) is 11.1. The first-order valence-electron chi connectivity index (χ1n) is 10.0. The summed E-state index contributed by atoms with van der Waals surface area (Å²) in [4.78, 5) is 24.5. The number of amides is 1. The van der Waals surface area contributed by atoms with Crippen molar-refractivity contribution < 1.29 is 27.5 Å². The van der Waals surface area contributed by atoms with Crippen LogP contribution in [0.3, 0.4) is 0 Å². The number of carbonyl (C=O) groups is 2. The third kappa shape index (κ3) is 5.62. The maximum atomic E-state index is 13.0. The molecule has 3 rings (SSSR count). The van der Waals surface area contributed by atoms with Gasteiger partial charge in [0.25, 0.3) is 5.91 Å². The SMILES string of the molecule is COc1cccc(C(=O)OCC(=O)Nc2ccc(C)c(S(=O)(=O)N3CCCCC3)c2)c1. The summed E-state index contributed by atoms with van der Waals surface area (Å²) in [5, 5.41) is 2.59. The number of ether oxygens (including phenoxy) is 2. The number of benzene rings is 2. The van der Waals surface area contributed by atoms with Crippen LogP contribution in [0.4, 0.5) is 5.69 Å². The van der Waals surface area contributed by atoms with Gasteiger partial charge in [0, 0.05) is 18.8 Å². The Morgan fingerprint density at radius 2 is 1.81 bits per heavy atom. The molecule has 2 aromatic carbocycles. The van der Waals surface area contributed by atoms with Crippen molar-refractivity contribution >= 4 is 27.6 Å². The lowest BCUT2D eigenvalue weighted by Gasteiger charge is -2.26. The molecule has 2 aromatic rings. The van der Waals surface area contributed by atoms with Gasteiger partial charge in [-0.25, -0.2) is 13.2 Å². The standard InChI is InChI=1S/C22H26N2O6S/c1-16-9-10-18(14-20(16)31(27,28)24-11-4-3-5-12-24)23-21(25)15-30-22(26)17-7-6-8-19(13-17)29-2/h6-10,13-14H,3-5,11-12,15H2,1-2H3,(H,23,25). The highest BCUT2D eigenvalue weighted by Crippen LogP contribution is 2.26. The van der Waals surface area contributed by atoms with Crippen molar-refractivity contribution in [2.45, 2.75) is 31.1 Å². The van der Waals surface area contributed by atoms with E-state index in [1.54, 1.807) is 37.3 Å². The minimum Gasteiger partial charge on any atom is -0.497 e. The highest BCUT2D eigenvalue weighted by atomic mass is 32.2. The number of hydrogen-bond donors (Lipinski definition) is 1. The average molecular weight is 447 g/mol. The van der Waals surface area contributed by atoms with Crippen LogP contribution in [0.25, 0.3) is 0 Å². The summed E-state index contributed by atoms with van der Waals surface area (Å²) >= 11 is 0. The minimum absolute atomic E-state index is 0.167. The van der Waals surface area contributed by atoms with E-state index in [4.69, 9.17) is 9.47 Å². The fourth-order valence-electron chi connectivity index (χ4n) is 3.36. The second-order valence-corrected chi connectivity index (χ2v) is 9.21. The van der Waals surface area contributed by atoms with E-state index in [1.165, 1.54) is 23.5 Å². The summed E-state index contributed by atoms with van der Waals surface area (Å²) in [6.45, 7) is 2.22. The third-order valence-corrected chi connectivity index (χ3v) is 7.09. The van der Waals surface area contributed by atoms with Gasteiger partial charge in [-0.3, -0.25) is 4.79 Å². The fourth-order valence-corrected chi connectivity index (χ4v) is 5.13. The highest BCUT2D eigenvalue weighted by Gasteiger charge is 2.27. The van der Waals surface area contributed by atoms with E-state index in [-0.39, 0.29) is 10.5 Å². The van der Waals surface area contributed by atoms with Crippen molar-refractivity contribution in [3.8, 4) is 5.75 Å². The maximum Gasteiger partial charge on any atom is 0.338 e. The molecule has 1 aliphatic heterocycles. The molecule has 0 spiro atoms. The summed E-state index contributed by atoms with van der Waals surface area (Å²) in [6.07, 6.45) is 2.70. The first kappa shape index (κ1) is 22.8. The van der Waals surface area contributed by atoms with Gasteiger partial charge in [0.2, 0.25) is 10.0 Å². The Hall–Kier alpha value is -2.91. The molecule has 1 heterocycles. The zero-order valence-corrected chi connectivity index (χ0v) is 18.4. The van der Waals surface area contributed by atoms with Crippen LogP contribution in [-0.2, 0) is 19.6 Å². The highest BCUT2D eigenvalue weighted by molar-refractivity contribution is 7.89. The number of aryl methyl sites for hydroxylation is 1. The zero-order valence-electron chi connectivity index (χ0n) is 17.6. The molecule has 1 N–H and O–H groups in total. The lowest BCUT2D eigenvalue weighted by molar-refractivity contribution is -0.119. The van der Waals surface area contributed by atoms with Crippen LogP contribution in [0.5, 0.6) is 5.75 Å². The minimum atomic E-state index is -3.63. The number of nitrogens with zero attached hydrogens (tertiary/aromatic N) is 1. The Balaban J connectivity index is 1.65. The molecule has 31 heavy (non-hydrogen) atoms. The Bertz CT molecular complexity index is 1060. The number of carbonyl (C=O) groups excluding carboxylic acids is 2. The van der Waals surface area contributed by atoms with Crippen LogP contribution in [0.15, 0.2) is 47.4 Å². The van der Waals surface area contributed by atoms with Crippen LogP contribution in [0.2, 0.25) is 0 Å². The van der Waals surface area contributed by atoms with Crippen molar-refractivity contribution in [3.05, 3.63) is 53.6 Å². The first-order chi connectivity index (χ1) is 14.8. The van der Waals surface area contributed by atoms with E-state index in [9.17, 15) is 18.0 Å². The molecule has 166 valence electrons. The molecule has 0 atom stereocenters. The molecule has 0 aromatic heterocycles. The van der Waals surface area contributed by atoms with Crippen molar-refractivity contribution in [1.82, 2.24) is 4.31 Å². The van der Waals surface area contributed by atoms with Gasteiger partial charge in [0.05, 0.1) is 17.6 Å². The normalized spacial score (nSPS) is 14.6. The Morgan fingerprint density at radius 1 is 1.06 bits per heavy atom. The molecular weight excluding hydrogens is 420 g/mol. The second kappa shape index (κ2) is 9.93. The van der Waals surface area contributed by atoms with Crippen LogP contribution in [0, 0.1) is 6.92 Å². The zero-order chi connectivity index (χ0) is 22.4. The Morgan fingerprint density at radius 3 is 2.52 bits per heavy atom. The van der Waals surface area contributed by atoms with Crippen molar-refractivity contribution in [1.29, 1.82) is 0 Å². The molecule has 0 radical (unpaired) electrons. The van der Waals surface area contributed by atoms with Crippen LogP contribution >= 0.6 is 0 Å². The number of esters is 1. The molecule has 0 saturated carbocycles. The number of methoxy groups -OCH3 is 1.